The fraction of sp³-hybridized carbons (Fsp3) is 0.853. The first kappa shape index (κ1) is 50.9. The number of rotatable bonds is 29. The molecule has 0 aliphatic carbocycles. The molecular formula is C34H62N6O18. The molecule has 10 atom stereocenters. The van der Waals surface area contributed by atoms with Crippen LogP contribution in [0.2, 0.25) is 0 Å². The van der Waals surface area contributed by atoms with Crippen LogP contribution in [-0.4, -0.2) is 201 Å². The van der Waals surface area contributed by atoms with Gasteiger partial charge in [0.05, 0.1) is 46.2 Å². The second-order valence-corrected chi connectivity index (χ2v) is 13.3. The molecule has 0 spiro atoms. The molecule has 13 N–H and O–H groups in total. The zero-order valence-corrected chi connectivity index (χ0v) is 32.7. The molecule has 0 saturated carbocycles. The first-order valence-corrected chi connectivity index (χ1v) is 19.1. The number of nitrogens with one attached hydrogen (secondary N) is 5. The van der Waals surface area contributed by atoms with Crippen LogP contribution in [0.3, 0.4) is 0 Å². The van der Waals surface area contributed by atoms with Crippen molar-refractivity contribution in [3.8, 4) is 0 Å². The minimum Gasteiger partial charge on any atom is -0.394 e. The van der Waals surface area contributed by atoms with Gasteiger partial charge in [-0.3, -0.25) is 29.4 Å². The third-order valence-corrected chi connectivity index (χ3v) is 8.71. The summed E-state index contributed by atoms with van der Waals surface area (Å²) in [5, 5.41) is 71.5. The summed E-state index contributed by atoms with van der Waals surface area (Å²) < 4.78 is 38.7. The lowest BCUT2D eigenvalue weighted by atomic mass is 9.95. The topological polar surface area (TPSA) is 358 Å². The van der Waals surface area contributed by atoms with Gasteiger partial charge in [0.15, 0.2) is 12.6 Å². The molecule has 2 aliphatic rings. The van der Waals surface area contributed by atoms with Crippen LogP contribution in [0.4, 0.5) is 0 Å². The van der Waals surface area contributed by atoms with Crippen molar-refractivity contribution in [1.29, 1.82) is 0 Å². The predicted octanol–water partition coefficient (Wildman–Crippen LogP) is -6.50. The summed E-state index contributed by atoms with van der Waals surface area (Å²) in [4.78, 5) is 59.0. The molecule has 24 heteroatoms. The third-order valence-electron chi connectivity index (χ3n) is 8.71. The smallest absolute Gasteiger partial charge is 0.234 e. The number of ether oxygens (including phenoxy) is 7. The van der Waals surface area contributed by atoms with Crippen LogP contribution in [0.1, 0.15) is 45.4 Å². The van der Waals surface area contributed by atoms with Crippen molar-refractivity contribution in [1.82, 2.24) is 26.7 Å². The fourth-order valence-electron chi connectivity index (χ4n) is 5.60. The van der Waals surface area contributed by atoms with Crippen molar-refractivity contribution in [2.75, 3.05) is 79.1 Å². The number of aliphatic hydroxyl groups is 6. The highest BCUT2D eigenvalue weighted by molar-refractivity contribution is 5.84. The fourth-order valence-corrected chi connectivity index (χ4v) is 5.60. The molecule has 2 saturated heterocycles. The summed E-state index contributed by atoms with van der Waals surface area (Å²) in [6.07, 6.45) is -12.8. The average Bonchev–Trinajstić information content (AvgIpc) is 3.20. The first-order valence-electron chi connectivity index (χ1n) is 19.1. The predicted molar refractivity (Wildman–Crippen MR) is 195 cm³/mol. The molecule has 336 valence electrons. The van der Waals surface area contributed by atoms with Crippen LogP contribution in [-0.2, 0) is 57.1 Å². The van der Waals surface area contributed by atoms with Crippen LogP contribution in [0, 0.1) is 0 Å². The van der Waals surface area contributed by atoms with E-state index in [9.17, 15) is 54.6 Å². The van der Waals surface area contributed by atoms with Gasteiger partial charge in [-0.05, 0) is 12.8 Å². The molecule has 0 unspecified atom stereocenters. The highest BCUT2D eigenvalue weighted by atomic mass is 16.7. The van der Waals surface area contributed by atoms with Gasteiger partial charge in [-0.2, -0.15) is 0 Å². The molecule has 0 bridgehead atoms. The van der Waals surface area contributed by atoms with Gasteiger partial charge in [0.1, 0.15) is 48.8 Å². The van der Waals surface area contributed by atoms with Crippen molar-refractivity contribution in [2.45, 2.75) is 107 Å². The van der Waals surface area contributed by atoms with Crippen LogP contribution in [0.5, 0.6) is 0 Å². The molecule has 2 heterocycles. The van der Waals surface area contributed by atoms with Crippen LogP contribution < -0.4 is 32.5 Å². The highest BCUT2D eigenvalue weighted by Crippen LogP contribution is 2.29. The van der Waals surface area contributed by atoms with Crippen LogP contribution in [0.15, 0.2) is 0 Å². The Morgan fingerprint density at radius 1 is 0.586 bits per heavy atom. The maximum absolute atomic E-state index is 12.3. The lowest BCUT2D eigenvalue weighted by Gasteiger charge is -2.47. The van der Waals surface area contributed by atoms with E-state index in [1.165, 1.54) is 6.92 Å². The van der Waals surface area contributed by atoms with E-state index < -0.39 is 92.3 Å². The van der Waals surface area contributed by atoms with E-state index in [1.54, 1.807) is 0 Å². The Balaban J connectivity index is 1.54. The minimum absolute atomic E-state index is 0.0277. The van der Waals surface area contributed by atoms with E-state index >= 15 is 0 Å². The number of aliphatic hydroxyl groups excluding tert-OH is 6. The normalized spacial score (nSPS) is 27.0. The van der Waals surface area contributed by atoms with Crippen molar-refractivity contribution in [3.63, 3.8) is 0 Å². The van der Waals surface area contributed by atoms with E-state index in [2.05, 4.69) is 21.3 Å². The Kier molecular flexibility index (Phi) is 25.5. The molecule has 5 amide bonds. The number of carbonyl (C=O) groups is 5. The molecule has 24 nitrogen and oxygen atoms in total. The molecule has 0 aromatic carbocycles. The van der Waals surface area contributed by atoms with Gasteiger partial charge in [0.2, 0.25) is 29.5 Å². The lowest BCUT2D eigenvalue weighted by molar-refractivity contribution is -0.348. The van der Waals surface area contributed by atoms with Gasteiger partial charge in [-0.25, -0.2) is 5.84 Å². The Morgan fingerprint density at radius 2 is 1.07 bits per heavy atom. The quantitative estimate of drug-likeness (QED) is 0.0144. The molecule has 0 aromatic heterocycles. The van der Waals surface area contributed by atoms with Crippen molar-refractivity contribution < 1.29 is 87.8 Å². The number of hydrogen-bond acceptors (Lipinski definition) is 19. The molecule has 2 fully saturated rings. The van der Waals surface area contributed by atoms with Crippen molar-refractivity contribution >= 4 is 29.5 Å². The minimum atomic E-state index is -1.80. The summed E-state index contributed by atoms with van der Waals surface area (Å²) in [6, 6.07) is -1.27. The van der Waals surface area contributed by atoms with E-state index in [4.69, 9.17) is 39.0 Å². The summed E-state index contributed by atoms with van der Waals surface area (Å²) in [5.41, 5.74) is 1.96. The first-order chi connectivity index (χ1) is 27.8. The zero-order valence-electron chi connectivity index (χ0n) is 32.7. The van der Waals surface area contributed by atoms with Gasteiger partial charge in [-0.15, -0.1) is 0 Å². The number of carbonyl (C=O) groups excluding carboxylic acids is 5. The van der Waals surface area contributed by atoms with Crippen molar-refractivity contribution in [2.24, 2.45) is 5.84 Å². The summed E-state index contributed by atoms with van der Waals surface area (Å²) >= 11 is 0. The number of hydrazine groups is 1. The molecule has 0 radical (unpaired) electrons. The molecule has 2 rings (SSSR count). The summed E-state index contributed by atoms with van der Waals surface area (Å²) in [6.45, 7) is 2.61. The van der Waals surface area contributed by atoms with Crippen LogP contribution in [0.25, 0.3) is 0 Å². The van der Waals surface area contributed by atoms with Gasteiger partial charge in [0, 0.05) is 65.5 Å². The van der Waals surface area contributed by atoms with Gasteiger partial charge >= 0.3 is 0 Å². The Labute approximate surface area is 335 Å². The van der Waals surface area contributed by atoms with E-state index in [-0.39, 0.29) is 50.6 Å². The van der Waals surface area contributed by atoms with E-state index in [0.717, 1.165) is 0 Å². The molecule has 2 aliphatic heterocycles. The van der Waals surface area contributed by atoms with Gasteiger partial charge in [0.25, 0.3) is 0 Å². The monoisotopic (exact) mass is 842 g/mol. The maximum Gasteiger partial charge on any atom is 0.234 e. The second-order valence-electron chi connectivity index (χ2n) is 13.3. The van der Waals surface area contributed by atoms with Crippen LogP contribution >= 0.6 is 0 Å². The molecule has 0 aromatic rings. The number of nitrogens with two attached hydrogens (primary N) is 1. The number of hydrogen-bond donors (Lipinski definition) is 12. The summed E-state index contributed by atoms with van der Waals surface area (Å²) in [7, 11) is 0. The zero-order chi connectivity index (χ0) is 42.9. The van der Waals surface area contributed by atoms with Gasteiger partial charge in [-0.1, -0.05) is 0 Å². The standard InChI is InChI=1S/C34H62N6O18/c1-20(43)39-27-29(49)32(58-34-31(51)30(50)28(48)21(18-41)56-34)22(19-42)57-33(27)55-13-10-38-25(46)5-4-23(44)36-8-2-11-52-14-16-54-17-15-53-12-3-9-37-24(45)6-7-26(47)40-35/h21-22,27-34,41-42,48-51H,2-19,35H2,1H3,(H,36,44)(H,37,45)(H,38,46)(H,39,43)(H,40,47)/t21-,22-,27-,28+,29-,30+,31-,32-,33-,34-/m1/s1. The third kappa shape index (κ3) is 19.2. The van der Waals surface area contributed by atoms with Gasteiger partial charge < -0.3 is 85.1 Å². The Hall–Kier alpha value is -3.21. The molecular weight excluding hydrogens is 780 g/mol. The van der Waals surface area contributed by atoms with E-state index in [1.807, 2.05) is 5.43 Å². The van der Waals surface area contributed by atoms with E-state index in [0.29, 0.717) is 65.6 Å². The second kappa shape index (κ2) is 29.1. The number of amides is 5. The SMILES string of the molecule is CC(=O)N[C@H]1[C@H](OCCNC(=O)CCC(=O)NCCCOCCOCCOCCCNC(=O)CCC(=O)NN)O[C@H](CO)[C@@H](O[C@H]2O[C@H](CO)[C@H](O)[C@H](O)[C@H]2O)[C@@H]1O. The highest BCUT2D eigenvalue weighted by Gasteiger charge is 2.51. The molecule has 58 heavy (non-hydrogen) atoms. The largest absolute Gasteiger partial charge is 0.394 e. The Morgan fingerprint density at radius 3 is 1.57 bits per heavy atom. The maximum atomic E-state index is 12.3. The Bertz CT molecular complexity index is 1220. The summed E-state index contributed by atoms with van der Waals surface area (Å²) in [5.74, 6) is 2.97. The average molecular weight is 843 g/mol. The van der Waals surface area contributed by atoms with Crippen molar-refractivity contribution in [3.05, 3.63) is 0 Å². The lowest BCUT2D eigenvalue weighted by Crippen LogP contribution is -2.67.